The minimum atomic E-state index is -4.23. The molecule has 0 spiro atoms. The maximum Gasteiger partial charge on any atom is 0.391 e. The maximum atomic E-state index is 13.0. The van der Waals surface area contributed by atoms with E-state index in [4.69, 9.17) is 17.3 Å². The van der Waals surface area contributed by atoms with Crippen LogP contribution in [0, 0.1) is 5.92 Å². The molecule has 0 aromatic carbocycles. The number of halogens is 4. The van der Waals surface area contributed by atoms with Crippen molar-refractivity contribution in [3.63, 3.8) is 0 Å². The molecule has 3 rings (SSSR count). The van der Waals surface area contributed by atoms with E-state index in [1.54, 1.807) is 7.05 Å². The summed E-state index contributed by atoms with van der Waals surface area (Å²) in [5.41, 5.74) is 4.92. The van der Waals surface area contributed by atoms with E-state index in [0.29, 0.717) is 11.5 Å². The lowest BCUT2D eigenvalue weighted by Gasteiger charge is -2.30. The summed E-state index contributed by atoms with van der Waals surface area (Å²) in [6.07, 6.45) is -2.57. The highest BCUT2D eigenvalue weighted by Gasteiger charge is 2.42. The van der Waals surface area contributed by atoms with E-state index in [1.807, 2.05) is 0 Å². The fourth-order valence-electron chi connectivity index (χ4n) is 3.55. The van der Waals surface area contributed by atoms with Crippen LogP contribution in [0.25, 0.3) is 5.69 Å². The molecule has 29 heavy (non-hydrogen) atoms. The van der Waals surface area contributed by atoms with Gasteiger partial charge in [-0.1, -0.05) is 11.6 Å². The van der Waals surface area contributed by atoms with E-state index < -0.39 is 23.6 Å². The first kappa shape index (κ1) is 21.1. The molecule has 1 saturated carbocycles. The first-order valence-corrected chi connectivity index (χ1v) is 9.34. The fraction of sp³-hybridized carbons (Fsp3) is 0.444. The molecule has 1 aliphatic carbocycles. The van der Waals surface area contributed by atoms with Crippen LogP contribution in [0.4, 0.5) is 19.0 Å². The molecule has 0 radical (unpaired) electrons. The van der Waals surface area contributed by atoms with Crippen molar-refractivity contribution in [2.45, 2.75) is 37.8 Å². The van der Waals surface area contributed by atoms with Gasteiger partial charge < -0.3 is 11.1 Å². The number of aromatic nitrogens is 3. The molecular formula is C18H19ClF3N5O2. The molecule has 0 bridgehead atoms. The summed E-state index contributed by atoms with van der Waals surface area (Å²) < 4.78 is 40.3. The topological polar surface area (TPSA) is 103 Å². The molecular weight excluding hydrogens is 411 g/mol. The quantitative estimate of drug-likeness (QED) is 0.776. The Bertz CT molecular complexity index is 967. The van der Waals surface area contributed by atoms with Crippen molar-refractivity contribution in [2.24, 2.45) is 11.7 Å². The molecule has 0 atom stereocenters. The van der Waals surface area contributed by atoms with Gasteiger partial charge in [0.05, 0.1) is 17.8 Å². The Morgan fingerprint density at radius 1 is 1.28 bits per heavy atom. The second-order valence-corrected chi connectivity index (χ2v) is 7.26. The van der Waals surface area contributed by atoms with E-state index in [1.165, 1.54) is 22.9 Å². The van der Waals surface area contributed by atoms with E-state index in [0.717, 1.165) is 0 Å². The number of carbonyl (C=O) groups excluding carboxylic acids is 1. The van der Waals surface area contributed by atoms with Crippen LogP contribution in [-0.2, 0) is 0 Å². The molecule has 1 aliphatic rings. The molecule has 3 N–H and O–H groups in total. The zero-order chi connectivity index (χ0) is 21.3. The van der Waals surface area contributed by atoms with Crippen molar-refractivity contribution in [3.05, 3.63) is 45.2 Å². The monoisotopic (exact) mass is 429 g/mol. The summed E-state index contributed by atoms with van der Waals surface area (Å²) >= 11 is 6.12. The van der Waals surface area contributed by atoms with E-state index in [-0.39, 0.29) is 48.1 Å². The van der Waals surface area contributed by atoms with Crippen molar-refractivity contribution in [2.75, 3.05) is 12.4 Å². The highest BCUT2D eigenvalue weighted by atomic mass is 35.5. The lowest BCUT2D eigenvalue weighted by molar-refractivity contribution is -0.182. The van der Waals surface area contributed by atoms with Crippen LogP contribution in [0.3, 0.4) is 0 Å². The van der Waals surface area contributed by atoms with Crippen molar-refractivity contribution < 1.29 is 18.0 Å². The van der Waals surface area contributed by atoms with Gasteiger partial charge in [0.25, 0.3) is 11.5 Å². The zero-order valence-electron chi connectivity index (χ0n) is 15.5. The summed E-state index contributed by atoms with van der Waals surface area (Å²) in [7, 11) is 1.55. The largest absolute Gasteiger partial charge is 0.391 e. The Morgan fingerprint density at radius 3 is 2.41 bits per heavy atom. The van der Waals surface area contributed by atoms with Crippen molar-refractivity contribution in [3.8, 4) is 5.69 Å². The van der Waals surface area contributed by atoms with Crippen LogP contribution in [0.2, 0.25) is 5.02 Å². The molecule has 0 aliphatic heterocycles. The average molecular weight is 430 g/mol. The van der Waals surface area contributed by atoms with Gasteiger partial charge in [-0.25, -0.2) is 9.97 Å². The summed E-state index contributed by atoms with van der Waals surface area (Å²) in [5.74, 6) is -1.98. The van der Waals surface area contributed by atoms with Crippen molar-refractivity contribution >= 4 is 23.3 Å². The molecule has 0 unspecified atom stereocenters. The molecule has 1 fully saturated rings. The van der Waals surface area contributed by atoms with Crippen LogP contribution in [0.15, 0.2) is 23.1 Å². The summed E-state index contributed by atoms with van der Waals surface area (Å²) in [6.45, 7) is 0. The van der Waals surface area contributed by atoms with Gasteiger partial charge in [-0.2, -0.15) is 13.2 Å². The molecule has 2 aromatic heterocycles. The summed E-state index contributed by atoms with van der Waals surface area (Å²) in [6, 6.07) is 2.82. The third kappa shape index (κ3) is 4.21. The molecule has 1 amide bonds. The molecule has 156 valence electrons. The Balaban J connectivity index is 2.05. The third-order valence-electron chi connectivity index (χ3n) is 5.10. The average Bonchev–Trinajstić information content (AvgIpc) is 2.69. The Kier molecular flexibility index (Phi) is 5.83. The Morgan fingerprint density at radius 2 is 1.93 bits per heavy atom. The normalized spacial score (nSPS) is 19.8. The van der Waals surface area contributed by atoms with Crippen molar-refractivity contribution in [1.82, 2.24) is 14.5 Å². The molecule has 11 heteroatoms. The van der Waals surface area contributed by atoms with Crippen LogP contribution in [0.1, 0.15) is 47.9 Å². The smallest absolute Gasteiger partial charge is 0.372 e. The summed E-state index contributed by atoms with van der Waals surface area (Å²) in [4.78, 5) is 32.5. The van der Waals surface area contributed by atoms with Crippen LogP contribution in [-0.4, -0.2) is 33.7 Å². The number of rotatable bonds is 4. The number of primary amides is 1. The number of hydrogen-bond donors (Lipinski definition) is 2. The van der Waals surface area contributed by atoms with E-state index in [2.05, 4.69) is 15.3 Å². The molecule has 2 heterocycles. The van der Waals surface area contributed by atoms with Gasteiger partial charge in [0, 0.05) is 13.0 Å². The van der Waals surface area contributed by atoms with Gasteiger partial charge >= 0.3 is 6.18 Å². The maximum absolute atomic E-state index is 13.0. The van der Waals surface area contributed by atoms with Gasteiger partial charge in [-0.3, -0.25) is 14.2 Å². The number of nitrogens with two attached hydrogens (primary N) is 1. The predicted octanol–water partition coefficient (Wildman–Crippen LogP) is 3.26. The van der Waals surface area contributed by atoms with Crippen molar-refractivity contribution in [1.29, 1.82) is 0 Å². The van der Waals surface area contributed by atoms with Gasteiger partial charge in [0.15, 0.2) is 5.82 Å². The third-order valence-corrected chi connectivity index (χ3v) is 5.45. The molecule has 0 saturated heterocycles. The van der Waals surface area contributed by atoms with Crippen LogP contribution in [0.5, 0.6) is 0 Å². The predicted molar refractivity (Wildman–Crippen MR) is 101 cm³/mol. The first-order chi connectivity index (χ1) is 13.6. The van der Waals surface area contributed by atoms with Gasteiger partial charge in [-0.05, 0) is 37.8 Å². The van der Waals surface area contributed by atoms with Crippen LogP contribution >= 0.6 is 11.6 Å². The fourth-order valence-corrected chi connectivity index (χ4v) is 3.77. The Hall–Kier alpha value is -2.62. The number of alkyl halides is 3. The second-order valence-electron chi connectivity index (χ2n) is 6.88. The molecule has 7 nitrogen and oxygen atoms in total. The number of pyridine rings is 1. The highest BCUT2D eigenvalue weighted by Crippen LogP contribution is 2.42. The van der Waals surface area contributed by atoms with Gasteiger partial charge in [-0.15, -0.1) is 0 Å². The second kappa shape index (κ2) is 8.02. The minimum Gasteiger partial charge on any atom is -0.372 e. The van der Waals surface area contributed by atoms with Gasteiger partial charge in [0.1, 0.15) is 16.5 Å². The summed E-state index contributed by atoms with van der Waals surface area (Å²) in [5, 5.41) is 2.58. The SMILES string of the molecule is CNc1nc(C2CCC(C(F)(F)F)CC2)n(-c2ccc(C(N)=O)nc2)c(=O)c1Cl. The van der Waals surface area contributed by atoms with Gasteiger partial charge in [0.2, 0.25) is 0 Å². The number of nitrogens with zero attached hydrogens (tertiary/aromatic N) is 3. The number of hydrogen-bond acceptors (Lipinski definition) is 5. The number of carbonyl (C=O) groups is 1. The Labute approximate surface area is 169 Å². The number of anilines is 1. The first-order valence-electron chi connectivity index (χ1n) is 8.96. The van der Waals surface area contributed by atoms with E-state index >= 15 is 0 Å². The zero-order valence-corrected chi connectivity index (χ0v) is 16.2. The lowest BCUT2D eigenvalue weighted by atomic mass is 9.81. The number of nitrogens with one attached hydrogen (secondary N) is 1. The standard InChI is InChI=1S/C18H19ClF3N5O2/c1-24-15-13(19)17(29)27(11-6-7-12(14(23)28)25-8-11)16(26-15)9-2-4-10(5-3-9)18(20,21)22/h6-10,24H,2-5H2,1H3,(H2,23,28). The van der Waals surface area contributed by atoms with E-state index in [9.17, 15) is 22.8 Å². The molecule has 2 aromatic rings. The minimum absolute atomic E-state index is 0.0138. The lowest BCUT2D eigenvalue weighted by Crippen LogP contribution is -2.31. The number of amides is 1. The highest BCUT2D eigenvalue weighted by molar-refractivity contribution is 6.32. The van der Waals surface area contributed by atoms with Crippen LogP contribution < -0.4 is 16.6 Å².